The van der Waals surface area contributed by atoms with Crippen LogP contribution in [-0.4, -0.2) is 50.5 Å². The highest BCUT2D eigenvalue weighted by molar-refractivity contribution is 7.92. The first kappa shape index (κ1) is 29.7. The van der Waals surface area contributed by atoms with Gasteiger partial charge in [0.25, 0.3) is 0 Å². The highest BCUT2D eigenvalue weighted by Gasteiger charge is 2.31. The lowest BCUT2D eigenvalue weighted by atomic mass is 10.1. The Morgan fingerprint density at radius 3 is 1.97 bits per heavy atom. The normalized spacial score (nSPS) is 12.0. The lowest BCUT2D eigenvalue weighted by molar-refractivity contribution is -0.140. The summed E-state index contributed by atoms with van der Waals surface area (Å²) >= 11 is 0. The van der Waals surface area contributed by atoms with Gasteiger partial charge in [-0.2, -0.15) is 0 Å². The zero-order valence-corrected chi connectivity index (χ0v) is 23.7. The fourth-order valence-electron chi connectivity index (χ4n) is 4.04. The van der Waals surface area contributed by atoms with Crippen LogP contribution in [0.15, 0.2) is 84.9 Å². The van der Waals surface area contributed by atoms with Crippen molar-refractivity contribution in [1.29, 1.82) is 0 Å². The number of amides is 2. The number of hydrogen-bond donors (Lipinski definition) is 1. The van der Waals surface area contributed by atoms with Crippen molar-refractivity contribution in [3.05, 3.63) is 90.5 Å². The Balaban J connectivity index is 1.86. The van der Waals surface area contributed by atoms with Gasteiger partial charge in [-0.3, -0.25) is 13.9 Å². The average molecular weight is 552 g/mol. The molecule has 0 bridgehead atoms. The van der Waals surface area contributed by atoms with Crippen LogP contribution in [-0.2, 0) is 26.2 Å². The van der Waals surface area contributed by atoms with Crippen LogP contribution in [0.3, 0.4) is 0 Å². The highest BCUT2D eigenvalue weighted by Crippen LogP contribution is 2.26. The van der Waals surface area contributed by atoms with Crippen molar-refractivity contribution in [3.63, 3.8) is 0 Å². The first-order valence-corrected chi connectivity index (χ1v) is 14.8. The molecule has 0 saturated carbocycles. The van der Waals surface area contributed by atoms with Gasteiger partial charge in [-0.25, -0.2) is 8.42 Å². The summed E-state index contributed by atoms with van der Waals surface area (Å²) in [6.07, 6.45) is 1.44. The van der Waals surface area contributed by atoms with E-state index in [1.165, 1.54) is 4.90 Å². The molecule has 1 N–H and O–H groups in total. The van der Waals surface area contributed by atoms with E-state index in [0.29, 0.717) is 30.2 Å². The van der Waals surface area contributed by atoms with E-state index in [0.717, 1.165) is 16.1 Å². The van der Waals surface area contributed by atoms with E-state index >= 15 is 0 Å². The van der Waals surface area contributed by atoms with Crippen LogP contribution in [0.25, 0.3) is 0 Å². The summed E-state index contributed by atoms with van der Waals surface area (Å²) in [7, 11) is -3.82. The lowest BCUT2D eigenvalue weighted by Gasteiger charge is -2.33. The second-order valence-corrected chi connectivity index (χ2v) is 11.7. The SMILES string of the molecule is CC[C@@H](C(=O)NCC(C)C)N(Cc1ccccc1)C(=O)CN(c1ccc(Oc2ccccc2)cc1)S(C)(=O)=O. The smallest absolute Gasteiger partial charge is 0.244 e. The maximum atomic E-state index is 13.7. The second kappa shape index (κ2) is 13.8. The van der Waals surface area contributed by atoms with Crippen LogP contribution >= 0.6 is 0 Å². The van der Waals surface area contributed by atoms with Crippen molar-refractivity contribution in [3.8, 4) is 11.5 Å². The minimum absolute atomic E-state index is 0.175. The van der Waals surface area contributed by atoms with Crippen molar-refractivity contribution in [2.24, 2.45) is 5.92 Å². The summed E-state index contributed by atoms with van der Waals surface area (Å²) in [5.74, 6) is 0.699. The predicted molar refractivity (Wildman–Crippen MR) is 154 cm³/mol. The number of ether oxygens (including phenoxy) is 1. The van der Waals surface area contributed by atoms with Crippen molar-refractivity contribution < 1.29 is 22.7 Å². The third kappa shape index (κ3) is 8.85. The Bertz CT molecular complexity index is 1310. The second-order valence-electron chi connectivity index (χ2n) is 9.75. The number of carbonyl (C=O) groups excluding carboxylic acids is 2. The van der Waals surface area contributed by atoms with E-state index in [9.17, 15) is 18.0 Å². The van der Waals surface area contributed by atoms with Gasteiger partial charge < -0.3 is 15.0 Å². The zero-order chi connectivity index (χ0) is 28.4. The summed E-state index contributed by atoms with van der Waals surface area (Å²) in [5.41, 5.74) is 1.16. The predicted octanol–water partition coefficient (Wildman–Crippen LogP) is 4.82. The first-order valence-electron chi connectivity index (χ1n) is 13.0. The maximum Gasteiger partial charge on any atom is 0.244 e. The van der Waals surface area contributed by atoms with Gasteiger partial charge in [-0.1, -0.05) is 69.3 Å². The topological polar surface area (TPSA) is 96.0 Å². The Labute approximate surface area is 231 Å². The Morgan fingerprint density at radius 1 is 0.872 bits per heavy atom. The third-order valence-electron chi connectivity index (χ3n) is 6.05. The van der Waals surface area contributed by atoms with Gasteiger partial charge in [0.15, 0.2) is 0 Å². The quantitative estimate of drug-likeness (QED) is 0.329. The molecule has 3 aromatic carbocycles. The van der Waals surface area contributed by atoms with Gasteiger partial charge in [0.2, 0.25) is 21.8 Å². The molecule has 0 aliphatic carbocycles. The molecule has 0 saturated heterocycles. The molecule has 3 aromatic rings. The summed E-state index contributed by atoms with van der Waals surface area (Å²) in [5, 5.41) is 2.92. The van der Waals surface area contributed by atoms with E-state index in [1.54, 1.807) is 24.3 Å². The Kier molecular flexibility index (Phi) is 10.5. The van der Waals surface area contributed by atoms with E-state index in [2.05, 4.69) is 5.32 Å². The monoisotopic (exact) mass is 551 g/mol. The molecule has 0 aromatic heterocycles. The molecule has 8 nitrogen and oxygen atoms in total. The fraction of sp³-hybridized carbons (Fsp3) is 0.333. The van der Waals surface area contributed by atoms with Gasteiger partial charge in [0, 0.05) is 13.1 Å². The van der Waals surface area contributed by atoms with E-state index in [1.807, 2.05) is 81.4 Å². The van der Waals surface area contributed by atoms with E-state index < -0.39 is 28.5 Å². The van der Waals surface area contributed by atoms with Crippen LogP contribution in [0.1, 0.15) is 32.8 Å². The summed E-state index contributed by atoms with van der Waals surface area (Å²) in [6, 6.07) is 24.3. The molecule has 208 valence electrons. The molecule has 9 heteroatoms. The molecule has 0 unspecified atom stereocenters. The van der Waals surface area contributed by atoms with Gasteiger partial charge in [0.1, 0.15) is 24.1 Å². The lowest BCUT2D eigenvalue weighted by Crippen LogP contribution is -2.52. The first-order chi connectivity index (χ1) is 18.6. The Morgan fingerprint density at radius 2 is 1.44 bits per heavy atom. The standard InChI is InChI=1S/C30H37N3O5S/c1-5-28(30(35)31-20-23(2)3)32(21-24-12-8-6-9-13-24)29(34)22-33(39(4,36)37)25-16-18-27(19-17-25)38-26-14-10-7-11-15-26/h6-19,23,28H,5,20-22H2,1-4H3,(H,31,35)/t28-/m0/s1. The number of rotatable bonds is 13. The fourth-order valence-corrected chi connectivity index (χ4v) is 4.89. The average Bonchev–Trinajstić information content (AvgIpc) is 2.91. The molecule has 0 aliphatic heterocycles. The van der Waals surface area contributed by atoms with Crippen molar-refractivity contribution in [2.75, 3.05) is 23.7 Å². The van der Waals surface area contributed by atoms with Gasteiger partial charge in [0.05, 0.1) is 11.9 Å². The van der Waals surface area contributed by atoms with Crippen LogP contribution in [0.4, 0.5) is 5.69 Å². The van der Waals surface area contributed by atoms with Crippen LogP contribution in [0.5, 0.6) is 11.5 Å². The number of nitrogens with one attached hydrogen (secondary N) is 1. The summed E-state index contributed by atoms with van der Waals surface area (Å²) in [4.78, 5) is 28.3. The number of anilines is 1. The molecule has 0 spiro atoms. The largest absolute Gasteiger partial charge is 0.457 e. The number of carbonyl (C=O) groups is 2. The molecule has 1 atom stereocenters. The van der Waals surface area contributed by atoms with E-state index in [-0.39, 0.29) is 18.4 Å². The molecular weight excluding hydrogens is 514 g/mol. The molecule has 39 heavy (non-hydrogen) atoms. The highest BCUT2D eigenvalue weighted by atomic mass is 32.2. The van der Waals surface area contributed by atoms with Crippen LogP contribution < -0.4 is 14.4 Å². The van der Waals surface area contributed by atoms with Crippen LogP contribution in [0.2, 0.25) is 0 Å². The maximum absolute atomic E-state index is 13.7. The minimum Gasteiger partial charge on any atom is -0.457 e. The molecule has 0 radical (unpaired) electrons. The van der Waals surface area contributed by atoms with Gasteiger partial charge >= 0.3 is 0 Å². The van der Waals surface area contributed by atoms with Gasteiger partial charge in [-0.15, -0.1) is 0 Å². The molecule has 3 rings (SSSR count). The number of nitrogens with zero attached hydrogens (tertiary/aromatic N) is 2. The molecular formula is C30H37N3O5S. The summed E-state index contributed by atoms with van der Waals surface area (Å²) < 4.78 is 32.5. The number of sulfonamides is 1. The molecule has 0 heterocycles. The third-order valence-corrected chi connectivity index (χ3v) is 7.19. The molecule has 0 fully saturated rings. The van der Waals surface area contributed by atoms with E-state index in [4.69, 9.17) is 4.74 Å². The number of hydrogen-bond acceptors (Lipinski definition) is 5. The van der Waals surface area contributed by atoms with Crippen molar-refractivity contribution in [2.45, 2.75) is 39.8 Å². The zero-order valence-electron chi connectivity index (χ0n) is 22.9. The number of para-hydroxylation sites is 1. The van der Waals surface area contributed by atoms with Crippen molar-refractivity contribution in [1.82, 2.24) is 10.2 Å². The van der Waals surface area contributed by atoms with Crippen LogP contribution in [0, 0.1) is 5.92 Å². The molecule has 2 amide bonds. The van der Waals surface area contributed by atoms with Gasteiger partial charge in [-0.05, 0) is 54.3 Å². The van der Waals surface area contributed by atoms with Crippen molar-refractivity contribution >= 4 is 27.5 Å². The number of benzene rings is 3. The Hall–Kier alpha value is -3.85. The molecule has 0 aliphatic rings. The minimum atomic E-state index is -3.82. The summed E-state index contributed by atoms with van der Waals surface area (Å²) in [6.45, 7) is 6.04.